The molecule has 0 N–H and O–H groups in total. The van der Waals surface area contributed by atoms with Crippen LogP contribution in [0.5, 0.6) is 0 Å². The van der Waals surface area contributed by atoms with Crippen molar-refractivity contribution in [2.75, 3.05) is 5.75 Å². The van der Waals surface area contributed by atoms with Crippen LogP contribution in [0, 0.1) is 13.8 Å². The fourth-order valence-corrected chi connectivity index (χ4v) is 3.91. The van der Waals surface area contributed by atoms with Gasteiger partial charge in [0.25, 0.3) is 0 Å². The molecular weight excluding hydrogens is 372 g/mol. The molecule has 0 spiro atoms. The fourth-order valence-electron chi connectivity index (χ4n) is 3.09. The summed E-state index contributed by atoms with van der Waals surface area (Å²) in [5.74, 6) is 0.233. The molecule has 140 valence electrons. The Morgan fingerprint density at radius 1 is 1.00 bits per heavy atom. The van der Waals surface area contributed by atoms with Crippen molar-refractivity contribution in [1.82, 2.24) is 19.2 Å². The molecule has 0 aliphatic rings. The lowest BCUT2D eigenvalue weighted by molar-refractivity contribution is 0.102. The van der Waals surface area contributed by atoms with E-state index in [9.17, 15) is 9.59 Å². The van der Waals surface area contributed by atoms with E-state index in [1.165, 1.54) is 11.8 Å². The van der Waals surface area contributed by atoms with Crippen LogP contribution in [0.25, 0.3) is 11.3 Å². The third-order valence-corrected chi connectivity index (χ3v) is 5.30. The molecule has 0 saturated heterocycles. The van der Waals surface area contributed by atoms with E-state index in [4.69, 9.17) is 0 Å². The van der Waals surface area contributed by atoms with Crippen LogP contribution in [0.15, 0.2) is 70.9 Å². The first-order chi connectivity index (χ1) is 13.5. The van der Waals surface area contributed by atoms with Crippen molar-refractivity contribution in [3.05, 3.63) is 88.0 Å². The van der Waals surface area contributed by atoms with Crippen LogP contribution in [0.1, 0.15) is 21.5 Å². The van der Waals surface area contributed by atoms with Crippen LogP contribution < -0.4 is 5.56 Å². The van der Waals surface area contributed by atoms with Gasteiger partial charge in [-0.1, -0.05) is 48.2 Å². The van der Waals surface area contributed by atoms with Gasteiger partial charge in [0.2, 0.25) is 5.65 Å². The number of fused-ring (bicyclic) bond motifs is 1. The molecule has 4 rings (SSSR count). The van der Waals surface area contributed by atoms with Crippen LogP contribution in [-0.2, 0) is 0 Å². The Kier molecular flexibility index (Phi) is 4.83. The van der Waals surface area contributed by atoms with E-state index in [1.54, 1.807) is 33.5 Å². The smallest absolute Gasteiger partial charge is 0.293 e. The van der Waals surface area contributed by atoms with Gasteiger partial charge >= 0.3 is 5.56 Å². The Balaban J connectivity index is 1.63. The van der Waals surface area contributed by atoms with Crippen molar-refractivity contribution < 1.29 is 4.79 Å². The summed E-state index contributed by atoms with van der Waals surface area (Å²) >= 11 is 1.27. The minimum Gasteiger partial charge on any atom is -0.293 e. The number of ketones is 1. The van der Waals surface area contributed by atoms with Gasteiger partial charge in [-0.15, -0.1) is 10.2 Å². The molecule has 2 aromatic heterocycles. The SMILES string of the molecule is Cc1cc(C)cc(-n2ccn3c(SCC(=O)c4ccccc4)nnc3c2=O)c1. The second-order valence-corrected chi connectivity index (χ2v) is 7.52. The molecule has 0 atom stereocenters. The number of carbonyl (C=O) groups is 1. The molecule has 4 aromatic rings. The first kappa shape index (κ1) is 18.2. The Morgan fingerprint density at radius 2 is 1.71 bits per heavy atom. The van der Waals surface area contributed by atoms with E-state index in [2.05, 4.69) is 16.3 Å². The maximum absolute atomic E-state index is 12.9. The van der Waals surface area contributed by atoms with Gasteiger partial charge in [-0.05, 0) is 37.1 Å². The molecule has 0 bridgehead atoms. The zero-order valence-corrected chi connectivity index (χ0v) is 16.3. The minimum absolute atomic E-state index is 0.00549. The normalized spacial score (nSPS) is 11.1. The van der Waals surface area contributed by atoms with Crippen LogP contribution in [0.3, 0.4) is 0 Å². The summed E-state index contributed by atoms with van der Waals surface area (Å²) in [7, 11) is 0. The Hall–Kier alpha value is -3.19. The number of hydrogen-bond donors (Lipinski definition) is 0. The lowest BCUT2D eigenvalue weighted by atomic mass is 10.1. The van der Waals surface area contributed by atoms with Crippen LogP contribution in [0.2, 0.25) is 0 Å². The van der Waals surface area contributed by atoms with Gasteiger partial charge in [-0.3, -0.25) is 18.6 Å². The summed E-state index contributed by atoms with van der Waals surface area (Å²) < 4.78 is 3.19. The van der Waals surface area contributed by atoms with E-state index >= 15 is 0 Å². The summed E-state index contributed by atoms with van der Waals surface area (Å²) in [6.07, 6.45) is 3.46. The molecule has 7 heteroatoms. The molecular formula is C21H18N4O2S. The van der Waals surface area contributed by atoms with Crippen molar-refractivity contribution in [3.63, 3.8) is 0 Å². The van der Waals surface area contributed by atoms with Gasteiger partial charge in [0.05, 0.1) is 5.75 Å². The zero-order valence-electron chi connectivity index (χ0n) is 15.5. The van der Waals surface area contributed by atoms with Crippen molar-refractivity contribution in [2.45, 2.75) is 19.0 Å². The summed E-state index contributed by atoms with van der Waals surface area (Å²) in [6, 6.07) is 15.1. The molecule has 2 aromatic carbocycles. The van der Waals surface area contributed by atoms with Crippen molar-refractivity contribution >= 4 is 23.2 Å². The molecule has 2 heterocycles. The highest BCUT2D eigenvalue weighted by atomic mass is 32.2. The Labute approximate surface area is 165 Å². The molecule has 6 nitrogen and oxygen atoms in total. The van der Waals surface area contributed by atoms with Gasteiger partial charge in [-0.25, -0.2) is 0 Å². The lowest BCUT2D eigenvalue weighted by Gasteiger charge is -2.08. The average molecular weight is 390 g/mol. The summed E-state index contributed by atoms with van der Waals surface area (Å²) in [5.41, 5.74) is 3.60. The number of thioether (sulfide) groups is 1. The van der Waals surface area contributed by atoms with Crippen LogP contribution >= 0.6 is 11.8 Å². The summed E-state index contributed by atoms with van der Waals surface area (Å²) in [6.45, 7) is 3.99. The first-order valence-corrected chi connectivity index (χ1v) is 9.77. The highest BCUT2D eigenvalue weighted by molar-refractivity contribution is 7.99. The van der Waals surface area contributed by atoms with Crippen LogP contribution in [0.4, 0.5) is 0 Å². The monoisotopic (exact) mass is 390 g/mol. The largest absolute Gasteiger partial charge is 0.300 e. The van der Waals surface area contributed by atoms with Gasteiger partial charge in [0.1, 0.15) is 0 Å². The highest BCUT2D eigenvalue weighted by Gasteiger charge is 2.14. The maximum atomic E-state index is 12.9. The lowest BCUT2D eigenvalue weighted by Crippen LogP contribution is -2.20. The van der Waals surface area contributed by atoms with Gasteiger partial charge in [0.15, 0.2) is 10.9 Å². The molecule has 0 unspecified atom stereocenters. The third kappa shape index (κ3) is 3.48. The quantitative estimate of drug-likeness (QED) is 0.385. The van der Waals surface area contributed by atoms with E-state index in [1.807, 2.05) is 44.2 Å². The molecule has 28 heavy (non-hydrogen) atoms. The summed E-state index contributed by atoms with van der Waals surface area (Å²) in [5, 5.41) is 8.67. The number of rotatable bonds is 5. The highest BCUT2D eigenvalue weighted by Crippen LogP contribution is 2.18. The number of aryl methyl sites for hydroxylation is 2. The topological polar surface area (TPSA) is 69.3 Å². The maximum Gasteiger partial charge on any atom is 0.300 e. The molecule has 0 amide bonds. The van der Waals surface area contributed by atoms with E-state index in [-0.39, 0.29) is 22.7 Å². The van der Waals surface area contributed by atoms with E-state index in [0.29, 0.717) is 10.7 Å². The number of aromatic nitrogens is 4. The van der Waals surface area contributed by atoms with Crippen molar-refractivity contribution in [2.24, 2.45) is 0 Å². The standard InChI is InChI=1S/C21H18N4O2S/c1-14-10-15(2)12-17(11-14)24-8-9-25-19(20(24)27)22-23-21(25)28-13-18(26)16-6-4-3-5-7-16/h3-12H,13H2,1-2H3. The predicted molar refractivity (Wildman–Crippen MR) is 110 cm³/mol. The minimum atomic E-state index is -0.249. The van der Waals surface area contributed by atoms with Crippen molar-refractivity contribution in [3.8, 4) is 5.69 Å². The third-order valence-electron chi connectivity index (χ3n) is 4.35. The molecule has 0 fully saturated rings. The van der Waals surface area contributed by atoms with Gasteiger partial charge in [-0.2, -0.15) is 0 Å². The molecule has 0 saturated carbocycles. The van der Waals surface area contributed by atoms with Gasteiger partial charge in [0, 0.05) is 23.6 Å². The molecule has 0 aliphatic carbocycles. The predicted octanol–water partition coefficient (Wildman–Crippen LogP) is 3.47. The van der Waals surface area contributed by atoms with Crippen molar-refractivity contribution in [1.29, 1.82) is 0 Å². The van der Waals surface area contributed by atoms with Crippen LogP contribution in [-0.4, -0.2) is 30.7 Å². The number of Topliss-reactive ketones (excluding diaryl/α,β-unsaturated/α-hetero) is 1. The summed E-state index contributed by atoms with van der Waals surface area (Å²) in [4.78, 5) is 25.2. The molecule has 0 aliphatic heterocycles. The molecule has 0 radical (unpaired) electrons. The van der Waals surface area contributed by atoms with Gasteiger partial charge < -0.3 is 0 Å². The number of hydrogen-bond acceptors (Lipinski definition) is 5. The average Bonchev–Trinajstić information content (AvgIpc) is 3.10. The number of nitrogens with zero attached hydrogens (tertiary/aromatic N) is 4. The second-order valence-electron chi connectivity index (χ2n) is 6.57. The Morgan fingerprint density at radius 3 is 2.43 bits per heavy atom. The number of benzene rings is 2. The second kappa shape index (κ2) is 7.44. The zero-order chi connectivity index (χ0) is 19.7. The number of carbonyl (C=O) groups excluding carboxylic acids is 1. The van der Waals surface area contributed by atoms with E-state index in [0.717, 1.165) is 16.8 Å². The Bertz CT molecular complexity index is 1210. The van der Waals surface area contributed by atoms with E-state index < -0.39 is 0 Å². The first-order valence-electron chi connectivity index (χ1n) is 8.79. The fraction of sp³-hybridized carbons (Fsp3) is 0.143.